The topological polar surface area (TPSA) is 51.1 Å². The van der Waals surface area contributed by atoms with Crippen molar-refractivity contribution >= 4 is 23.5 Å². The predicted octanol–water partition coefficient (Wildman–Crippen LogP) is 4.85. The minimum Gasteiger partial charge on any atom is -0.493 e. The number of aryl methyl sites for hydroxylation is 1. The van der Waals surface area contributed by atoms with E-state index in [-0.39, 0.29) is 5.91 Å². The van der Waals surface area contributed by atoms with Gasteiger partial charge in [0.2, 0.25) is 0 Å². The average Bonchev–Trinajstić information content (AvgIpc) is 3.10. The summed E-state index contributed by atoms with van der Waals surface area (Å²) in [6.07, 6.45) is 1.77. The van der Waals surface area contributed by atoms with Crippen molar-refractivity contribution in [3.8, 4) is 11.5 Å². The molecule has 0 spiro atoms. The first-order valence-corrected chi connectivity index (χ1v) is 9.59. The summed E-state index contributed by atoms with van der Waals surface area (Å²) < 4.78 is 10.7. The van der Waals surface area contributed by atoms with Crippen LogP contribution < -0.4 is 14.4 Å². The van der Waals surface area contributed by atoms with Crippen LogP contribution in [0.1, 0.15) is 16.7 Å². The van der Waals surface area contributed by atoms with Gasteiger partial charge in [-0.3, -0.25) is 9.69 Å². The van der Waals surface area contributed by atoms with Crippen LogP contribution in [0.25, 0.3) is 6.08 Å². The summed E-state index contributed by atoms with van der Waals surface area (Å²) in [5.41, 5.74) is 3.94. The monoisotopic (exact) mass is 398 g/mol. The smallest absolute Gasteiger partial charge is 0.282 e. The first-order chi connectivity index (χ1) is 14.6. The van der Waals surface area contributed by atoms with Crippen molar-refractivity contribution in [3.05, 3.63) is 95.2 Å². The Hall–Kier alpha value is -3.86. The Kier molecular flexibility index (Phi) is 5.35. The molecule has 3 aromatic carbocycles. The second kappa shape index (κ2) is 8.25. The van der Waals surface area contributed by atoms with Crippen LogP contribution in [0.4, 0.5) is 5.69 Å². The third-order valence-corrected chi connectivity index (χ3v) is 4.86. The summed E-state index contributed by atoms with van der Waals surface area (Å²) in [6, 6.07) is 23.0. The number of methoxy groups -OCH3 is 2. The normalized spacial score (nSPS) is 14.8. The molecular formula is C25H22N2O3. The van der Waals surface area contributed by atoms with Gasteiger partial charge in [-0.1, -0.05) is 48.0 Å². The summed E-state index contributed by atoms with van der Waals surface area (Å²) in [5.74, 6) is 1.67. The molecule has 1 aliphatic heterocycles. The molecule has 5 heteroatoms. The molecule has 0 unspecified atom stereocenters. The summed E-state index contributed by atoms with van der Waals surface area (Å²) >= 11 is 0. The van der Waals surface area contributed by atoms with E-state index in [1.165, 1.54) is 0 Å². The van der Waals surface area contributed by atoms with E-state index >= 15 is 0 Å². The average molecular weight is 398 g/mol. The molecular weight excluding hydrogens is 376 g/mol. The quantitative estimate of drug-likeness (QED) is 0.578. The Morgan fingerprint density at radius 3 is 2.33 bits per heavy atom. The molecule has 0 aromatic heterocycles. The van der Waals surface area contributed by atoms with E-state index in [4.69, 9.17) is 14.5 Å². The standard InChI is InChI=1S/C25H22N2O3/c1-17-8-7-9-19(14-17)24-26-21(25(28)27(24)20-10-5-4-6-11-20)15-18-12-13-22(29-2)23(16-18)30-3/h4-16H,1-3H3/b21-15+. The van der Waals surface area contributed by atoms with Gasteiger partial charge in [-0.25, -0.2) is 4.99 Å². The van der Waals surface area contributed by atoms with E-state index < -0.39 is 0 Å². The van der Waals surface area contributed by atoms with Crippen LogP contribution >= 0.6 is 0 Å². The minimum atomic E-state index is -0.174. The van der Waals surface area contributed by atoms with Crippen molar-refractivity contribution in [1.29, 1.82) is 0 Å². The Balaban J connectivity index is 1.81. The second-order valence-electron chi connectivity index (χ2n) is 6.93. The van der Waals surface area contributed by atoms with Gasteiger partial charge < -0.3 is 9.47 Å². The number of hydrogen-bond acceptors (Lipinski definition) is 4. The number of benzene rings is 3. The van der Waals surface area contributed by atoms with E-state index in [1.807, 2.05) is 79.7 Å². The van der Waals surface area contributed by atoms with Gasteiger partial charge in [0, 0.05) is 5.56 Å². The van der Waals surface area contributed by atoms with E-state index in [1.54, 1.807) is 25.2 Å². The molecule has 0 atom stereocenters. The fraction of sp³-hybridized carbons (Fsp3) is 0.120. The van der Waals surface area contributed by atoms with E-state index in [0.717, 1.165) is 22.4 Å². The van der Waals surface area contributed by atoms with Crippen LogP contribution in [0.15, 0.2) is 83.5 Å². The van der Waals surface area contributed by atoms with Crippen molar-refractivity contribution in [2.75, 3.05) is 19.1 Å². The molecule has 3 aromatic rings. The summed E-state index contributed by atoms with van der Waals surface area (Å²) in [6.45, 7) is 2.02. The van der Waals surface area contributed by atoms with Crippen molar-refractivity contribution in [2.24, 2.45) is 4.99 Å². The number of anilines is 1. The fourth-order valence-corrected chi connectivity index (χ4v) is 3.41. The Morgan fingerprint density at radius 1 is 0.867 bits per heavy atom. The van der Waals surface area contributed by atoms with E-state index in [0.29, 0.717) is 23.0 Å². The van der Waals surface area contributed by atoms with Crippen molar-refractivity contribution in [1.82, 2.24) is 0 Å². The number of rotatable bonds is 5. The number of amides is 1. The third-order valence-electron chi connectivity index (χ3n) is 4.86. The lowest BCUT2D eigenvalue weighted by Crippen LogP contribution is -2.32. The SMILES string of the molecule is COc1ccc(/C=C2/N=C(c3cccc(C)c3)N(c3ccccc3)C2=O)cc1OC. The van der Waals surface area contributed by atoms with Gasteiger partial charge in [0.25, 0.3) is 5.91 Å². The molecule has 1 heterocycles. The van der Waals surface area contributed by atoms with Gasteiger partial charge in [0.15, 0.2) is 11.5 Å². The maximum Gasteiger partial charge on any atom is 0.282 e. The summed E-state index contributed by atoms with van der Waals surface area (Å²) in [5, 5.41) is 0. The zero-order chi connectivity index (χ0) is 21.1. The van der Waals surface area contributed by atoms with Crippen LogP contribution in [-0.2, 0) is 4.79 Å². The lowest BCUT2D eigenvalue weighted by Gasteiger charge is -2.18. The first-order valence-electron chi connectivity index (χ1n) is 9.59. The van der Waals surface area contributed by atoms with E-state index in [9.17, 15) is 4.79 Å². The zero-order valence-electron chi connectivity index (χ0n) is 17.1. The zero-order valence-corrected chi connectivity index (χ0v) is 17.1. The molecule has 5 nitrogen and oxygen atoms in total. The number of para-hydroxylation sites is 1. The maximum absolute atomic E-state index is 13.3. The molecule has 1 aliphatic rings. The van der Waals surface area contributed by atoms with Gasteiger partial charge in [-0.15, -0.1) is 0 Å². The Bertz CT molecular complexity index is 1150. The molecule has 0 saturated heterocycles. The maximum atomic E-state index is 13.3. The van der Waals surface area contributed by atoms with E-state index in [2.05, 4.69) is 0 Å². The number of ether oxygens (including phenoxy) is 2. The molecule has 0 radical (unpaired) electrons. The molecule has 1 amide bonds. The lowest BCUT2D eigenvalue weighted by atomic mass is 10.1. The van der Waals surface area contributed by atoms with Gasteiger partial charge in [0.1, 0.15) is 11.5 Å². The van der Waals surface area contributed by atoms with Crippen LogP contribution in [-0.4, -0.2) is 26.0 Å². The summed E-state index contributed by atoms with van der Waals surface area (Å²) in [4.78, 5) is 19.7. The minimum absolute atomic E-state index is 0.174. The molecule has 0 saturated carbocycles. The second-order valence-corrected chi connectivity index (χ2v) is 6.93. The molecule has 4 rings (SSSR count). The van der Waals surface area contributed by atoms with Crippen molar-refractivity contribution in [2.45, 2.75) is 6.92 Å². The van der Waals surface area contributed by atoms with Gasteiger partial charge >= 0.3 is 0 Å². The van der Waals surface area contributed by atoms with Crippen LogP contribution in [0.5, 0.6) is 11.5 Å². The number of hydrogen-bond donors (Lipinski definition) is 0. The van der Waals surface area contributed by atoms with Crippen LogP contribution in [0.3, 0.4) is 0 Å². The molecule has 0 N–H and O–H groups in total. The molecule has 30 heavy (non-hydrogen) atoms. The third kappa shape index (κ3) is 3.70. The highest BCUT2D eigenvalue weighted by Crippen LogP contribution is 2.31. The van der Waals surface area contributed by atoms with Crippen LogP contribution in [0.2, 0.25) is 0 Å². The van der Waals surface area contributed by atoms with Crippen molar-refractivity contribution in [3.63, 3.8) is 0 Å². The number of amidine groups is 1. The molecule has 0 bridgehead atoms. The fourth-order valence-electron chi connectivity index (χ4n) is 3.41. The molecule has 150 valence electrons. The summed E-state index contributed by atoms with van der Waals surface area (Å²) in [7, 11) is 3.17. The van der Waals surface area contributed by atoms with Gasteiger partial charge in [0.05, 0.1) is 19.9 Å². The van der Waals surface area contributed by atoms with Crippen LogP contribution in [0, 0.1) is 6.92 Å². The number of carbonyl (C=O) groups is 1. The molecule has 0 fully saturated rings. The highest BCUT2D eigenvalue weighted by Gasteiger charge is 2.32. The van der Waals surface area contributed by atoms with Crippen molar-refractivity contribution < 1.29 is 14.3 Å². The first kappa shape index (κ1) is 19.5. The van der Waals surface area contributed by atoms with Gasteiger partial charge in [-0.05, 0) is 48.9 Å². The van der Waals surface area contributed by atoms with Gasteiger partial charge in [-0.2, -0.15) is 0 Å². The largest absolute Gasteiger partial charge is 0.493 e. The predicted molar refractivity (Wildman–Crippen MR) is 119 cm³/mol. The highest BCUT2D eigenvalue weighted by molar-refractivity contribution is 6.33. The number of carbonyl (C=O) groups excluding carboxylic acids is 1. The number of nitrogens with zero attached hydrogens (tertiary/aromatic N) is 2. The number of aliphatic imine (C=N–C) groups is 1. The highest BCUT2D eigenvalue weighted by atomic mass is 16.5. The lowest BCUT2D eigenvalue weighted by molar-refractivity contribution is -0.113. The Labute approximate surface area is 175 Å². The molecule has 0 aliphatic carbocycles. The Morgan fingerprint density at radius 2 is 1.63 bits per heavy atom.